The van der Waals surface area contributed by atoms with E-state index in [1.807, 2.05) is 0 Å². The molecule has 2 rings (SSSR count). The lowest BCUT2D eigenvalue weighted by atomic mass is 9.94. The van der Waals surface area contributed by atoms with Gasteiger partial charge in [0.1, 0.15) is 0 Å². The minimum Gasteiger partial charge on any atom is -0.396 e. The van der Waals surface area contributed by atoms with Crippen LogP contribution >= 0.6 is 0 Å². The third kappa shape index (κ3) is 2.35. The fourth-order valence-electron chi connectivity index (χ4n) is 2.71. The summed E-state index contributed by atoms with van der Waals surface area (Å²) >= 11 is 0. The number of aliphatic hydroxyl groups excluding tert-OH is 1. The van der Waals surface area contributed by atoms with E-state index >= 15 is 0 Å². The molecule has 88 valence electrons. The molecule has 2 aliphatic rings. The maximum absolute atomic E-state index is 9.10. The van der Waals surface area contributed by atoms with Gasteiger partial charge in [-0.2, -0.15) is 0 Å². The standard InChI is InChI=1S/C12H24N2O/c1-12(2)9-14(10-4-5-10)8-11(6-7-15)13(12)3/h10-11,15H,4-9H2,1-3H3. The van der Waals surface area contributed by atoms with Crippen molar-refractivity contribution >= 4 is 0 Å². The van der Waals surface area contributed by atoms with Gasteiger partial charge in [0, 0.05) is 37.3 Å². The first-order valence-electron chi connectivity index (χ1n) is 6.12. The molecule has 0 bridgehead atoms. The van der Waals surface area contributed by atoms with Gasteiger partial charge in [0.15, 0.2) is 0 Å². The summed E-state index contributed by atoms with van der Waals surface area (Å²) in [7, 11) is 2.20. The molecule has 1 aliphatic carbocycles. The Bertz CT molecular complexity index is 226. The van der Waals surface area contributed by atoms with Gasteiger partial charge in [-0.05, 0) is 40.2 Å². The molecule has 15 heavy (non-hydrogen) atoms. The minimum atomic E-state index is 0.251. The smallest absolute Gasteiger partial charge is 0.0446 e. The van der Waals surface area contributed by atoms with Crippen molar-refractivity contribution in [1.29, 1.82) is 0 Å². The average Bonchev–Trinajstić information content (AvgIpc) is 2.95. The van der Waals surface area contributed by atoms with Gasteiger partial charge in [-0.25, -0.2) is 0 Å². The van der Waals surface area contributed by atoms with Crippen LogP contribution in [0.5, 0.6) is 0 Å². The normalized spacial score (nSPS) is 33.2. The molecule has 0 aromatic rings. The molecule has 3 nitrogen and oxygen atoms in total. The predicted molar refractivity (Wildman–Crippen MR) is 61.9 cm³/mol. The number of hydrogen-bond donors (Lipinski definition) is 1. The van der Waals surface area contributed by atoms with Crippen molar-refractivity contribution in [2.75, 3.05) is 26.7 Å². The van der Waals surface area contributed by atoms with Crippen molar-refractivity contribution in [3.05, 3.63) is 0 Å². The molecule has 1 saturated carbocycles. The Kier molecular flexibility index (Phi) is 3.06. The molecule has 1 saturated heterocycles. The van der Waals surface area contributed by atoms with Crippen LogP contribution in [0, 0.1) is 0 Å². The molecule has 1 atom stereocenters. The number of piperazine rings is 1. The Morgan fingerprint density at radius 2 is 2.00 bits per heavy atom. The van der Waals surface area contributed by atoms with Crippen LogP contribution < -0.4 is 0 Å². The summed E-state index contributed by atoms with van der Waals surface area (Å²) in [4.78, 5) is 5.07. The second-order valence-electron chi connectivity index (χ2n) is 5.75. The molecule has 0 amide bonds. The predicted octanol–water partition coefficient (Wildman–Crippen LogP) is 0.926. The summed E-state index contributed by atoms with van der Waals surface area (Å²) in [6.07, 6.45) is 3.67. The Balaban J connectivity index is 2.03. The number of rotatable bonds is 3. The van der Waals surface area contributed by atoms with Crippen molar-refractivity contribution in [1.82, 2.24) is 9.80 Å². The van der Waals surface area contributed by atoms with Crippen LogP contribution in [-0.4, -0.2) is 59.3 Å². The monoisotopic (exact) mass is 212 g/mol. The van der Waals surface area contributed by atoms with Crippen LogP contribution in [0.4, 0.5) is 0 Å². The molecule has 0 spiro atoms. The highest BCUT2D eigenvalue weighted by Gasteiger charge is 2.41. The molecular weight excluding hydrogens is 188 g/mol. The molecule has 1 aliphatic heterocycles. The Morgan fingerprint density at radius 3 is 2.53 bits per heavy atom. The summed E-state index contributed by atoms with van der Waals surface area (Å²) in [5.74, 6) is 0. The first kappa shape index (κ1) is 11.4. The molecule has 2 fully saturated rings. The molecule has 0 aromatic heterocycles. The van der Waals surface area contributed by atoms with Gasteiger partial charge in [0.05, 0.1) is 0 Å². The molecule has 1 unspecified atom stereocenters. The fraction of sp³-hybridized carbons (Fsp3) is 1.00. The zero-order chi connectivity index (χ0) is 11.1. The van der Waals surface area contributed by atoms with Crippen LogP contribution in [0.25, 0.3) is 0 Å². The van der Waals surface area contributed by atoms with Crippen molar-refractivity contribution in [2.24, 2.45) is 0 Å². The zero-order valence-corrected chi connectivity index (χ0v) is 10.2. The third-order valence-electron chi connectivity index (χ3n) is 4.06. The number of nitrogens with zero attached hydrogens (tertiary/aromatic N) is 2. The van der Waals surface area contributed by atoms with E-state index in [9.17, 15) is 0 Å². The van der Waals surface area contributed by atoms with Gasteiger partial charge >= 0.3 is 0 Å². The first-order chi connectivity index (χ1) is 7.04. The SMILES string of the molecule is CN1C(CCO)CN(C2CC2)CC1(C)C. The Labute approximate surface area is 93.1 Å². The van der Waals surface area contributed by atoms with E-state index in [0.717, 1.165) is 19.0 Å². The highest BCUT2D eigenvalue weighted by molar-refractivity contribution is 4.98. The van der Waals surface area contributed by atoms with Crippen molar-refractivity contribution < 1.29 is 5.11 Å². The zero-order valence-electron chi connectivity index (χ0n) is 10.2. The van der Waals surface area contributed by atoms with Gasteiger partial charge in [-0.1, -0.05) is 0 Å². The van der Waals surface area contributed by atoms with Crippen LogP contribution in [-0.2, 0) is 0 Å². The Hall–Kier alpha value is -0.120. The highest BCUT2D eigenvalue weighted by Crippen LogP contribution is 2.33. The van der Waals surface area contributed by atoms with Gasteiger partial charge < -0.3 is 5.11 Å². The lowest BCUT2D eigenvalue weighted by Gasteiger charge is -2.50. The van der Waals surface area contributed by atoms with E-state index in [0.29, 0.717) is 12.6 Å². The Morgan fingerprint density at radius 1 is 1.33 bits per heavy atom. The van der Waals surface area contributed by atoms with Crippen molar-refractivity contribution in [3.63, 3.8) is 0 Å². The second kappa shape index (κ2) is 4.04. The third-order valence-corrected chi connectivity index (χ3v) is 4.06. The van der Waals surface area contributed by atoms with Crippen LogP contribution in [0.1, 0.15) is 33.1 Å². The summed E-state index contributed by atoms with van der Waals surface area (Å²) < 4.78 is 0. The van der Waals surface area contributed by atoms with Gasteiger partial charge in [-0.3, -0.25) is 9.80 Å². The average molecular weight is 212 g/mol. The molecule has 0 aromatic carbocycles. The van der Waals surface area contributed by atoms with Crippen molar-refractivity contribution in [3.8, 4) is 0 Å². The lowest BCUT2D eigenvalue weighted by molar-refractivity contribution is -0.0179. The van der Waals surface area contributed by atoms with Gasteiger partial charge in [0.25, 0.3) is 0 Å². The quantitative estimate of drug-likeness (QED) is 0.754. The highest BCUT2D eigenvalue weighted by atomic mass is 16.3. The molecule has 1 heterocycles. The largest absolute Gasteiger partial charge is 0.396 e. The lowest BCUT2D eigenvalue weighted by Crippen LogP contribution is -2.62. The summed E-state index contributed by atoms with van der Waals surface area (Å²) in [5.41, 5.74) is 0.251. The van der Waals surface area contributed by atoms with Crippen LogP contribution in [0.3, 0.4) is 0 Å². The molecule has 0 radical (unpaired) electrons. The number of hydrogen-bond acceptors (Lipinski definition) is 3. The fourth-order valence-corrected chi connectivity index (χ4v) is 2.71. The minimum absolute atomic E-state index is 0.251. The molecule has 3 heteroatoms. The van der Waals surface area contributed by atoms with Crippen molar-refractivity contribution in [2.45, 2.75) is 50.7 Å². The number of likely N-dealkylation sites (N-methyl/N-ethyl adjacent to an activating group) is 1. The first-order valence-corrected chi connectivity index (χ1v) is 6.12. The second-order valence-corrected chi connectivity index (χ2v) is 5.75. The van der Waals surface area contributed by atoms with Crippen LogP contribution in [0.2, 0.25) is 0 Å². The maximum atomic E-state index is 9.10. The summed E-state index contributed by atoms with van der Waals surface area (Å²) in [6, 6.07) is 1.37. The maximum Gasteiger partial charge on any atom is 0.0446 e. The topological polar surface area (TPSA) is 26.7 Å². The van der Waals surface area contributed by atoms with Gasteiger partial charge in [0.2, 0.25) is 0 Å². The van der Waals surface area contributed by atoms with E-state index in [1.54, 1.807) is 0 Å². The van der Waals surface area contributed by atoms with E-state index in [2.05, 4.69) is 30.7 Å². The van der Waals surface area contributed by atoms with E-state index in [1.165, 1.54) is 19.4 Å². The van der Waals surface area contributed by atoms with E-state index in [4.69, 9.17) is 5.11 Å². The van der Waals surface area contributed by atoms with E-state index in [-0.39, 0.29) is 5.54 Å². The summed E-state index contributed by atoms with van der Waals surface area (Å²) in [6.45, 7) is 7.25. The van der Waals surface area contributed by atoms with Crippen LogP contribution in [0.15, 0.2) is 0 Å². The summed E-state index contributed by atoms with van der Waals surface area (Å²) in [5, 5.41) is 9.10. The van der Waals surface area contributed by atoms with Gasteiger partial charge in [-0.15, -0.1) is 0 Å². The number of aliphatic hydroxyl groups is 1. The van der Waals surface area contributed by atoms with E-state index < -0.39 is 0 Å². The molecule has 1 N–H and O–H groups in total. The molecular formula is C12H24N2O.